The number of aliphatic hydroxyl groups is 1. The molecular formula is C14H18N2O. The van der Waals surface area contributed by atoms with Gasteiger partial charge >= 0.3 is 0 Å². The number of pyridine rings is 1. The molecule has 2 rings (SSSR count). The molecule has 3 nitrogen and oxygen atoms in total. The lowest BCUT2D eigenvalue weighted by atomic mass is 10.2. The van der Waals surface area contributed by atoms with Crippen molar-refractivity contribution >= 4 is 16.7 Å². The molecule has 0 bridgehead atoms. The Morgan fingerprint density at radius 3 is 2.76 bits per heavy atom. The van der Waals surface area contributed by atoms with Crippen LogP contribution in [0, 0.1) is 0 Å². The minimum absolute atomic E-state index is 0.226. The molecule has 0 amide bonds. The van der Waals surface area contributed by atoms with Crippen molar-refractivity contribution in [3.63, 3.8) is 0 Å². The number of rotatable bonds is 5. The fraction of sp³-hybridized carbons (Fsp3) is 0.357. The van der Waals surface area contributed by atoms with Crippen molar-refractivity contribution in [3.05, 3.63) is 36.4 Å². The first-order valence-corrected chi connectivity index (χ1v) is 6.06. The number of fused-ring (bicyclic) bond motifs is 1. The molecule has 2 aromatic rings. The third-order valence-electron chi connectivity index (χ3n) is 2.88. The first-order valence-electron chi connectivity index (χ1n) is 6.06. The van der Waals surface area contributed by atoms with Crippen LogP contribution in [0.5, 0.6) is 0 Å². The van der Waals surface area contributed by atoms with E-state index in [4.69, 9.17) is 5.11 Å². The highest BCUT2D eigenvalue weighted by Crippen LogP contribution is 2.17. The highest BCUT2D eigenvalue weighted by molar-refractivity contribution is 5.80. The van der Waals surface area contributed by atoms with Crippen molar-refractivity contribution in [1.82, 2.24) is 4.98 Å². The van der Waals surface area contributed by atoms with E-state index in [-0.39, 0.29) is 6.61 Å². The zero-order valence-corrected chi connectivity index (χ0v) is 10.1. The highest BCUT2D eigenvalue weighted by Gasteiger charge is 2.05. The van der Waals surface area contributed by atoms with Crippen LogP contribution in [0.25, 0.3) is 10.9 Å². The fourth-order valence-corrected chi connectivity index (χ4v) is 1.93. The Bertz CT molecular complexity index is 484. The normalized spacial score (nSPS) is 10.7. The molecule has 1 aromatic carbocycles. The Kier molecular flexibility index (Phi) is 3.94. The number of para-hydroxylation sites is 1. The van der Waals surface area contributed by atoms with E-state index in [0.717, 1.165) is 36.2 Å². The predicted octanol–water partition coefficient (Wildman–Crippen LogP) is 2.44. The number of aromatic nitrogens is 1. The van der Waals surface area contributed by atoms with Crippen LogP contribution in [0.2, 0.25) is 0 Å². The Morgan fingerprint density at radius 1 is 1.18 bits per heavy atom. The second kappa shape index (κ2) is 5.64. The average Bonchev–Trinajstić information content (AvgIpc) is 2.39. The van der Waals surface area contributed by atoms with Gasteiger partial charge in [-0.1, -0.05) is 18.2 Å². The van der Waals surface area contributed by atoms with Gasteiger partial charge in [-0.25, -0.2) is 4.98 Å². The van der Waals surface area contributed by atoms with E-state index in [2.05, 4.69) is 28.9 Å². The van der Waals surface area contributed by atoms with Gasteiger partial charge in [0.2, 0.25) is 0 Å². The molecule has 0 saturated heterocycles. The Hall–Kier alpha value is -1.61. The van der Waals surface area contributed by atoms with Crippen LogP contribution in [-0.4, -0.2) is 29.8 Å². The molecule has 0 fully saturated rings. The van der Waals surface area contributed by atoms with Crippen LogP contribution in [0.3, 0.4) is 0 Å². The molecule has 90 valence electrons. The summed E-state index contributed by atoms with van der Waals surface area (Å²) < 4.78 is 0. The number of aliphatic hydroxyl groups excluding tert-OH is 1. The Morgan fingerprint density at radius 2 is 2.00 bits per heavy atom. The summed E-state index contributed by atoms with van der Waals surface area (Å²) in [5, 5.41) is 10.0. The number of hydrogen-bond acceptors (Lipinski definition) is 3. The van der Waals surface area contributed by atoms with Crippen molar-refractivity contribution in [2.75, 3.05) is 24.6 Å². The van der Waals surface area contributed by atoms with Crippen LogP contribution in [-0.2, 0) is 0 Å². The molecule has 0 unspecified atom stereocenters. The van der Waals surface area contributed by atoms with E-state index < -0.39 is 0 Å². The summed E-state index contributed by atoms with van der Waals surface area (Å²) in [6, 6.07) is 12.3. The van der Waals surface area contributed by atoms with Gasteiger partial charge in [0.15, 0.2) is 0 Å². The van der Waals surface area contributed by atoms with E-state index in [9.17, 15) is 0 Å². The summed E-state index contributed by atoms with van der Waals surface area (Å²) in [5.41, 5.74) is 1.02. The Labute approximate surface area is 102 Å². The minimum Gasteiger partial charge on any atom is -0.396 e. The molecule has 0 atom stereocenters. The largest absolute Gasteiger partial charge is 0.396 e. The molecule has 1 N–H and O–H groups in total. The van der Waals surface area contributed by atoms with Crippen molar-refractivity contribution in [2.45, 2.75) is 13.3 Å². The van der Waals surface area contributed by atoms with E-state index in [1.165, 1.54) is 0 Å². The summed E-state index contributed by atoms with van der Waals surface area (Å²) in [4.78, 5) is 6.83. The van der Waals surface area contributed by atoms with Gasteiger partial charge in [-0.3, -0.25) is 0 Å². The van der Waals surface area contributed by atoms with Crippen molar-refractivity contribution in [1.29, 1.82) is 0 Å². The molecule has 0 aliphatic rings. The lowest BCUT2D eigenvalue weighted by Gasteiger charge is -2.21. The first kappa shape index (κ1) is 11.9. The molecule has 1 aromatic heterocycles. The molecule has 0 spiro atoms. The topological polar surface area (TPSA) is 36.4 Å². The van der Waals surface area contributed by atoms with Gasteiger partial charge in [0, 0.05) is 25.1 Å². The standard InChI is InChI=1S/C14H18N2O/c1-2-16(10-5-11-17)14-9-8-12-6-3-4-7-13(12)15-14/h3-4,6-9,17H,2,5,10-11H2,1H3. The summed E-state index contributed by atoms with van der Waals surface area (Å²) in [7, 11) is 0. The monoisotopic (exact) mass is 230 g/mol. The van der Waals surface area contributed by atoms with E-state index in [1.807, 2.05) is 24.3 Å². The van der Waals surface area contributed by atoms with Gasteiger partial charge in [-0.15, -0.1) is 0 Å². The predicted molar refractivity (Wildman–Crippen MR) is 71.3 cm³/mol. The smallest absolute Gasteiger partial charge is 0.129 e. The SMILES string of the molecule is CCN(CCCO)c1ccc2ccccc2n1. The van der Waals surface area contributed by atoms with Gasteiger partial charge in [0.1, 0.15) is 5.82 Å². The van der Waals surface area contributed by atoms with Crippen LogP contribution in [0.4, 0.5) is 5.82 Å². The molecule has 0 aliphatic heterocycles. The Balaban J connectivity index is 2.27. The number of anilines is 1. The molecule has 3 heteroatoms. The van der Waals surface area contributed by atoms with Crippen LogP contribution >= 0.6 is 0 Å². The fourth-order valence-electron chi connectivity index (χ4n) is 1.93. The number of nitrogens with zero attached hydrogens (tertiary/aromatic N) is 2. The van der Waals surface area contributed by atoms with Crippen molar-refractivity contribution in [3.8, 4) is 0 Å². The third kappa shape index (κ3) is 2.74. The molecule has 1 heterocycles. The maximum Gasteiger partial charge on any atom is 0.129 e. The van der Waals surface area contributed by atoms with Gasteiger partial charge < -0.3 is 10.0 Å². The van der Waals surface area contributed by atoms with Gasteiger partial charge in [0.05, 0.1) is 5.52 Å². The van der Waals surface area contributed by atoms with Gasteiger partial charge in [-0.05, 0) is 31.5 Å². The maximum atomic E-state index is 8.88. The van der Waals surface area contributed by atoms with Crippen LogP contribution in [0.15, 0.2) is 36.4 Å². The van der Waals surface area contributed by atoms with E-state index in [0.29, 0.717) is 0 Å². The number of hydrogen-bond donors (Lipinski definition) is 1. The van der Waals surface area contributed by atoms with Gasteiger partial charge in [-0.2, -0.15) is 0 Å². The van der Waals surface area contributed by atoms with Gasteiger partial charge in [0.25, 0.3) is 0 Å². The van der Waals surface area contributed by atoms with Crippen LogP contribution in [0.1, 0.15) is 13.3 Å². The zero-order valence-electron chi connectivity index (χ0n) is 10.1. The zero-order chi connectivity index (χ0) is 12.1. The van der Waals surface area contributed by atoms with E-state index in [1.54, 1.807) is 0 Å². The molecule has 0 aliphatic carbocycles. The summed E-state index contributed by atoms with van der Waals surface area (Å²) in [5.74, 6) is 0.986. The summed E-state index contributed by atoms with van der Waals surface area (Å²) in [6.45, 7) is 4.09. The first-order chi connectivity index (χ1) is 8.35. The third-order valence-corrected chi connectivity index (χ3v) is 2.88. The summed E-state index contributed by atoms with van der Waals surface area (Å²) in [6.07, 6.45) is 0.780. The summed E-state index contributed by atoms with van der Waals surface area (Å²) >= 11 is 0. The second-order valence-electron chi connectivity index (χ2n) is 4.02. The quantitative estimate of drug-likeness (QED) is 0.857. The molecule has 0 saturated carbocycles. The van der Waals surface area contributed by atoms with Crippen molar-refractivity contribution < 1.29 is 5.11 Å². The maximum absolute atomic E-state index is 8.88. The van der Waals surface area contributed by atoms with E-state index >= 15 is 0 Å². The highest BCUT2D eigenvalue weighted by atomic mass is 16.3. The molecule has 17 heavy (non-hydrogen) atoms. The second-order valence-corrected chi connectivity index (χ2v) is 4.02. The molecular weight excluding hydrogens is 212 g/mol. The molecule has 0 radical (unpaired) electrons. The average molecular weight is 230 g/mol. The lowest BCUT2D eigenvalue weighted by molar-refractivity contribution is 0.289. The minimum atomic E-state index is 0.226. The van der Waals surface area contributed by atoms with Crippen molar-refractivity contribution in [2.24, 2.45) is 0 Å². The lowest BCUT2D eigenvalue weighted by Crippen LogP contribution is -2.25. The number of benzene rings is 1. The van der Waals surface area contributed by atoms with Crippen LogP contribution < -0.4 is 4.90 Å².